The van der Waals surface area contributed by atoms with Crippen molar-refractivity contribution in [2.75, 3.05) is 10.7 Å². The zero-order valence-electron chi connectivity index (χ0n) is 18.0. The van der Waals surface area contributed by atoms with E-state index >= 15 is 0 Å². The average molecular weight is 454 g/mol. The second-order valence-electron chi connectivity index (χ2n) is 8.15. The number of anilines is 2. The summed E-state index contributed by atoms with van der Waals surface area (Å²) in [4.78, 5) is 16.3. The summed E-state index contributed by atoms with van der Waals surface area (Å²) in [5, 5.41) is 0. The van der Waals surface area contributed by atoms with Gasteiger partial charge in [0.15, 0.2) is 9.84 Å². The Labute approximate surface area is 194 Å². The molecule has 5 rings (SSSR count). The standard InChI is InChI=1S/C28H23NO3S/c30-27-28(22-12-4-1-5-13-22,20-21-33(31,32)24-16-8-3-9-17-24)25-18-10-11-19-26(25)29(27)23-14-6-2-7-15-23/h1-19H,20-21H2. The fraction of sp³-hybridized carbons (Fsp3) is 0.107. The number of hydrogen-bond acceptors (Lipinski definition) is 3. The van der Waals surface area contributed by atoms with E-state index in [0.29, 0.717) is 0 Å². The fourth-order valence-electron chi connectivity index (χ4n) is 4.70. The molecular weight excluding hydrogens is 430 g/mol. The molecule has 1 aliphatic rings. The Hall–Kier alpha value is -3.70. The Morgan fingerprint density at radius 3 is 1.88 bits per heavy atom. The summed E-state index contributed by atoms with van der Waals surface area (Å²) in [6, 6.07) is 35.1. The number of benzene rings is 4. The minimum atomic E-state index is -3.57. The number of para-hydroxylation sites is 2. The molecule has 1 atom stereocenters. The molecule has 0 saturated heterocycles. The van der Waals surface area contributed by atoms with Gasteiger partial charge in [0.1, 0.15) is 5.41 Å². The van der Waals surface area contributed by atoms with E-state index in [1.807, 2.05) is 84.9 Å². The van der Waals surface area contributed by atoms with Crippen LogP contribution < -0.4 is 4.90 Å². The predicted octanol–water partition coefficient (Wildman–Crippen LogP) is 5.52. The number of sulfone groups is 1. The first kappa shape index (κ1) is 21.2. The third-order valence-electron chi connectivity index (χ3n) is 6.30. The maximum absolute atomic E-state index is 14.3. The van der Waals surface area contributed by atoms with Crippen LogP contribution in [-0.2, 0) is 20.0 Å². The SMILES string of the molecule is O=C1N(c2ccccc2)c2ccccc2C1(CCS(=O)(=O)c1ccccc1)c1ccccc1. The lowest BCUT2D eigenvalue weighted by Crippen LogP contribution is -2.41. The van der Waals surface area contributed by atoms with E-state index in [0.717, 1.165) is 22.5 Å². The topological polar surface area (TPSA) is 54.5 Å². The van der Waals surface area contributed by atoms with Crippen LogP contribution in [0.3, 0.4) is 0 Å². The van der Waals surface area contributed by atoms with E-state index < -0.39 is 15.3 Å². The minimum absolute atomic E-state index is 0.135. The van der Waals surface area contributed by atoms with Crippen molar-refractivity contribution in [3.63, 3.8) is 0 Å². The first-order valence-corrected chi connectivity index (χ1v) is 12.5. The van der Waals surface area contributed by atoms with Crippen LogP contribution in [0.1, 0.15) is 17.5 Å². The van der Waals surface area contributed by atoms with Crippen molar-refractivity contribution in [2.24, 2.45) is 0 Å². The minimum Gasteiger partial charge on any atom is -0.280 e. The van der Waals surface area contributed by atoms with Crippen LogP contribution in [-0.4, -0.2) is 20.1 Å². The van der Waals surface area contributed by atoms with E-state index in [4.69, 9.17) is 0 Å². The molecule has 1 aliphatic heterocycles. The number of amides is 1. The van der Waals surface area contributed by atoms with Crippen molar-refractivity contribution >= 4 is 27.1 Å². The highest BCUT2D eigenvalue weighted by Gasteiger charge is 2.52. The van der Waals surface area contributed by atoms with Crippen LogP contribution in [0.25, 0.3) is 0 Å². The first-order valence-electron chi connectivity index (χ1n) is 10.9. The van der Waals surface area contributed by atoms with Crippen molar-refractivity contribution in [1.82, 2.24) is 0 Å². The van der Waals surface area contributed by atoms with E-state index in [1.165, 1.54) is 0 Å². The molecule has 0 radical (unpaired) electrons. The van der Waals surface area contributed by atoms with Gasteiger partial charge in [-0.3, -0.25) is 9.69 Å². The third-order valence-corrected chi connectivity index (χ3v) is 8.03. The van der Waals surface area contributed by atoms with Crippen molar-refractivity contribution in [3.8, 4) is 0 Å². The molecule has 0 bridgehead atoms. The Balaban J connectivity index is 1.67. The van der Waals surface area contributed by atoms with Gasteiger partial charge in [-0.15, -0.1) is 0 Å². The molecule has 4 nitrogen and oxygen atoms in total. The van der Waals surface area contributed by atoms with Gasteiger partial charge in [-0.2, -0.15) is 0 Å². The molecule has 4 aromatic carbocycles. The summed E-state index contributed by atoms with van der Waals surface area (Å²) in [6.07, 6.45) is 0.146. The molecule has 1 unspecified atom stereocenters. The van der Waals surface area contributed by atoms with Gasteiger partial charge < -0.3 is 0 Å². The summed E-state index contributed by atoms with van der Waals surface area (Å²) >= 11 is 0. The van der Waals surface area contributed by atoms with Crippen molar-refractivity contribution < 1.29 is 13.2 Å². The van der Waals surface area contributed by atoms with Crippen LogP contribution in [0.15, 0.2) is 120 Å². The lowest BCUT2D eigenvalue weighted by molar-refractivity contribution is -0.121. The number of fused-ring (bicyclic) bond motifs is 1. The monoisotopic (exact) mass is 453 g/mol. The number of rotatable bonds is 6. The van der Waals surface area contributed by atoms with Gasteiger partial charge in [0.25, 0.3) is 0 Å². The summed E-state index contributed by atoms with van der Waals surface area (Å²) in [5.41, 5.74) is 2.07. The Kier molecular flexibility index (Phi) is 5.35. The van der Waals surface area contributed by atoms with Crippen molar-refractivity contribution in [2.45, 2.75) is 16.7 Å². The van der Waals surface area contributed by atoms with Crippen LogP contribution in [0.5, 0.6) is 0 Å². The molecule has 5 heteroatoms. The number of nitrogens with zero attached hydrogens (tertiary/aromatic N) is 1. The quantitative estimate of drug-likeness (QED) is 0.387. The van der Waals surface area contributed by atoms with E-state index in [-0.39, 0.29) is 23.0 Å². The van der Waals surface area contributed by atoms with Gasteiger partial charge in [-0.25, -0.2) is 8.42 Å². The summed E-state index contributed by atoms with van der Waals surface area (Å²) in [5.74, 6) is -0.279. The maximum Gasteiger partial charge on any atom is 0.246 e. The maximum atomic E-state index is 14.3. The van der Waals surface area contributed by atoms with Crippen LogP contribution in [0, 0.1) is 0 Å². The van der Waals surface area contributed by atoms with Crippen molar-refractivity contribution in [3.05, 3.63) is 126 Å². The largest absolute Gasteiger partial charge is 0.280 e. The molecule has 4 aromatic rings. The van der Waals surface area contributed by atoms with Gasteiger partial charge in [-0.05, 0) is 47.9 Å². The second kappa shape index (κ2) is 8.34. The highest BCUT2D eigenvalue weighted by Crippen LogP contribution is 2.51. The third kappa shape index (κ3) is 3.55. The van der Waals surface area contributed by atoms with Gasteiger partial charge in [0, 0.05) is 5.69 Å². The first-order chi connectivity index (χ1) is 16.0. The Bertz CT molecular complexity index is 1390. The number of carbonyl (C=O) groups is 1. The molecule has 164 valence electrons. The smallest absolute Gasteiger partial charge is 0.246 e. The molecule has 33 heavy (non-hydrogen) atoms. The number of hydrogen-bond donors (Lipinski definition) is 0. The van der Waals surface area contributed by atoms with E-state index in [2.05, 4.69) is 0 Å². The molecule has 0 aromatic heterocycles. The second-order valence-corrected chi connectivity index (χ2v) is 10.3. The highest BCUT2D eigenvalue weighted by atomic mass is 32.2. The zero-order valence-corrected chi connectivity index (χ0v) is 18.8. The summed E-state index contributed by atoms with van der Waals surface area (Å²) in [6.45, 7) is 0. The highest BCUT2D eigenvalue weighted by molar-refractivity contribution is 7.91. The lowest BCUT2D eigenvalue weighted by atomic mass is 9.73. The molecule has 0 spiro atoms. The molecular formula is C28H23NO3S. The molecule has 0 fully saturated rings. The normalized spacial score (nSPS) is 17.7. The molecule has 1 heterocycles. The van der Waals surface area contributed by atoms with E-state index in [9.17, 15) is 13.2 Å². The zero-order chi connectivity index (χ0) is 22.9. The fourth-order valence-corrected chi connectivity index (χ4v) is 6.08. The predicted molar refractivity (Wildman–Crippen MR) is 130 cm³/mol. The van der Waals surface area contributed by atoms with Crippen LogP contribution in [0.4, 0.5) is 11.4 Å². The van der Waals surface area contributed by atoms with Crippen LogP contribution >= 0.6 is 0 Å². The van der Waals surface area contributed by atoms with Gasteiger partial charge in [-0.1, -0.05) is 84.9 Å². The van der Waals surface area contributed by atoms with Gasteiger partial charge in [0.05, 0.1) is 16.3 Å². The molecule has 0 aliphatic carbocycles. The summed E-state index contributed by atoms with van der Waals surface area (Å²) < 4.78 is 26.4. The molecule has 1 amide bonds. The van der Waals surface area contributed by atoms with Crippen molar-refractivity contribution in [1.29, 1.82) is 0 Å². The van der Waals surface area contributed by atoms with E-state index in [1.54, 1.807) is 35.2 Å². The number of carbonyl (C=O) groups excluding carboxylic acids is 1. The van der Waals surface area contributed by atoms with Gasteiger partial charge >= 0.3 is 0 Å². The molecule has 0 N–H and O–H groups in total. The summed E-state index contributed by atoms with van der Waals surface area (Å²) in [7, 11) is -3.57. The lowest BCUT2D eigenvalue weighted by Gasteiger charge is -2.29. The Morgan fingerprint density at radius 1 is 0.667 bits per heavy atom. The average Bonchev–Trinajstić information content (AvgIpc) is 3.13. The van der Waals surface area contributed by atoms with Crippen LogP contribution in [0.2, 0.25) is 0 Å². The Morgan fingerprint density at radius 2 is 1.21 bits per heavy atom. The molecule has 0 saturated carbocycles. The van der Waals surface area contributed by atoms with Gasteiger partial charge in [0.2, 0.25) is 5.91 Å².